The first-order valence-electron chi connectivity index (χ1n) is 4.43. The summed E-state index contributed by atoms with van der Waals surface area (Å²) in [7, 11) is 0. The van der Waals surface area contributed by atoms with E-state index in [1.165, 1.54) is 12.3 Å². The van der Waals surface area contributed by atoms with Gasteiger partial charge in [-0.05, 0) is 18.9 Å². The predicted molar refractivity (Wildman–Crippen MR) is 45.9 cm³/mol. The lowest BCUT2D eigenvalue weighted by atomic mass is 9.80. The molecule has 3 heteroatoms. The van der Waals surface area contributed by atoms with Crippen molar-refractivity contribution in [1.29, 1.82) is 0 Å². The van der Waals surface area contributed by atoms with Crippen LogP contribution in [0.2, 0.25) is 0 Å². The van der Waals surface area contributed by atoms with E-state index >= 15 is 0 Å². The average molecular weight is 179 g/mol. The molecular formula is C10H10FNO. The summed E-state index contributed by atoms with van der Waals surface area (Å²) in [6, 6.07) is 1.45. The molecule has 0 spiro atoms. The van der Waals surface area contributed by atoms with Crippen molar-refractivity contribution in [2.45, 2.75) is 19.3 Å². The third-order valence-corrected chi connectivity index (χ3v) is 2.51. The summed E-state index contributed by atoms with van der Waals surface area (Å²) in [5, 5.41) is 0. The van der Waals surface area contributed by atoms with Crippen molar-refractivity contribution in [3.8, 4) is 0 Å². The van der Waals surface area contributed by atoms with E-state index in [9.17, 15) is 9.18 Å². The number of rotatable bonds is 2. The molecule has 13 heavy (non-hydrogen) atoms. The number of carbonyl (C=O) groups excluding carboxylic acids is 1. The van der Waals surface area contributed by atoms with Crippen LogP contribution >= 0.6 is 0 Å². The van der Waals surface area contributed by atoms with Gasteiger partial charge in [0.15, 0.2) is 11.6 Å². The topological polar surface area (TPSA) is 30.0 Å². The standard InChI is InChI=1S/C10H10FNO/c11-9-6-12-5-4-8(9)10(13)7-2-1-3-7/h4-7H,1-3H2. The number of hydrogen-bond donors (Lipinski definition) is 0. The molecule has 0 saturated heterocycles. The predicted octanol–water partition coefficient (Wildman–Crippen LogP) is 2.20. The first-order valence-corrected chi connectivity index (χ1v) is 4.43. The van der Waals surface area contributed by atoms with Gasteiger partial charge in [0.1, 0.15) is 0 Å². The van der Waals surface area contributed by atoms with Gasteiger partial charge in [-0.2, -0.15) is 0 Å². The second kappa shape index (κ2) is 3.24. The first-order chi connectivity index (χ1) is 6.29. The molecule has 0 atom stereocenters. The third kappa shape index (κ3) is 1.46. The van der Waals surface area contributed by atoms with Gasteiger partial charge in [-0.25, -0.2) is 4.39 Å². The summed E-state index contributed by atoms with van der Waals surface area (Å²) in [5.74, 6) is -0.512. The molecule has 0 unspecified atom stereocenters. The molecule has 0 radical (unpaired) electrons. The summed E-state index contributed by atoms with van der Waals surface area (Å²) in [4.78, 5) is 15.2. The maximum absolute atomic E-state index is 13.1. The van der Waals surface area contributed by atoms with E-state index in [0.717, 1.165) is 25.5 Å². The van der Waals surface area contributed by atoms with Crippen molar-refractivity contribution in [3.63, 3.8) is 0 Å². The Morgan fingerprint density at radius 2 is 2.31 bits per heavy atom. The molecule has 0 amide bonds. The molecular weight excluding hydrogens is 169 g/mol. The summed E-state index contributed by atoms with van der Waals surface area (Å²) in [6.45, 7) is 0. The third-order valence-electron chi connectivity index (χ3n) is 2.51. The number of aromatic nitrogens is 1. The van der Waals surface area contributed by atoms with E-state index in [4.69, 9.17) is 0 Å². The van der Waals surface area contributed by atoms with Crippen molar-refractivity contribution >= 4 is 5.78 Å². The van der Waals surface area contributed by atoms with Crippen LogP contribution in [0.1, 0.15) is 29.6 Å². The van der Waals surface area contributed by atoms with E-state index in [-0.39, 0.29) is 17.3 Å². The Hall–Kier alpha value is -1.25. The van der Waals surface area contributed by atoms with Crippen molar-refractivity contribution in [2.75, 3.05) is 0 Å². The van der Waals surface area contributed by atoms with Crippen LogP contribution in [-0.4, -0.2) is 10.8 Å². The van der Waals surface area contributed by atoms with E-state index < -0.39 is 5.82 Å². The Bertz CT molecular complexity index is 333. The summed E-state index contributed by atoms with van der Waals surface area (Å²) in [6.07, 6.45) is 5.44. The first kappa shape index (κ1) is 8.35. The summed E-state index contributed by atoms with van der Waals surface area (Å²) in [5.41, 5.74) is 0.194. The minimum absolute atomic E-state index is 0.0527. The fourth-order valence-electron chi connectivity index (χ4n) is 1.47. The molecule has 0 bridgehead atoms. The van der Waals surface area contributed by atoms with Crippen LogP contribution < -0.4 is 0 Å². The Morgan fingerprint density at radius 1 is 1.54 bits per heavy atom. The molecule has 1 saturated carbocycles. The lowest BCUT2D eigenvalue weighted by molar-refractivity contribution is 0.0850. The lowest BCUT2D eigenvalue weighted by Gasteiger charge is -2.23. The van der Waals surface area contributed by atoms with Crippen molar-refractivity contribution in [1.82, 2.24) is 4.98 Å². The second-order valence-corrected chi connectivity index (χ2v) is 3.35. The quantitative estimate of drug-likeness (QED) is 0.651. The van der Waals surface area contributed by atoms with Crippen LogP contribution in [0.15, 0.2) is 18.5 Å². The van der Waals surface area contributed by atoms with Gasteiger partial charge < -0.3 is 0 Å². The number of pyridine rings is 1. The normalized spacial score (nSPS) is 16.7. The molecule has 1 aliphatic rings. The minimum Gasteiger partial charge on any atom is -0.294 e. The number of Topliss-reactive ketones (excluding diaryl/α,β-unsaturated/α-hetero) is 1. The average Bonchev–Trinajstić information content (AvgIpc) is 2.01. The largest absolute Gasteiger partial charge is 0.294 e. The minimum atomic E-state index is -0.501. The molecule has 1 aliphatic carbocycles. The highest BCUT2D eigenvalue weighted by Crippen LogP contribution is 2.30. The zero-order valence-corrected chi connectivity index (χ0v) is 7.16. The van der Waals surface area contributed by atoms with Crippen LogP contribution in [0.4, 0.5) is 4.39 Å². The van der Waals surface area contributed by atoms with Crippen molar-refractivity contribution in [3.05, 3.63) is 29.8 Å². The molecule has 2 nitrogen and oxygen atoms in total. The van der Waals surface area contributed by atoms with Crippen molar-refractivity contribution < 1.29 is 9.18 Å². The van der Waals surface area contributed by atoms with E-state index in [1.54, 1.807) is 0 Å². The fraction of sp³-hybridized carbons (Fsp3) is 0.400. The Labute approximate surface area is 75.8 Å². The van der Waals surface area contributed by atoms with E-state index in [0.29, 0.717) is 0 Å². The fourth-order valence-corrected chi connectivity index (χ4v) is 1.47. The van der Waals surface area contributed by atoms with Crippen molar-refractivity contribution in [2.24, 2.45) is 5.92 Å². The van der Waals surface area contributed by atoms with Gasteiger partial charge in [0.2, 0.25) is 0 Å². The molecule has 0 aromatic carbocycles. The molecule has 1 aromatic rings. The Balaban J connectivity index is 2.24. The number of hydrogen-bond acceptors (Lipinski definition) is 2. The zero-order valence-electron chi connectivity index (χ0n) is 7.16. The smallest absolute Gasteiger partial charge is 0.168 e. The molecule has 2 rings (SSSR count). The Morgan fingerprint density at radius 3 is 2.85 bits per heavy atom. The van der Waals surface area contributed by atoms with Crippen LogP contribution in [-0.2, 0) is 0 Å². The van der Waals surface area contributed by atoms with Crippen LogP contribution in [0.5, 0.6) is 0 Å². The van der Waals surface area contributed by atoms with Gasteiger partial charge in [-0.15, -0.1) is 0 Å². The van der Waals surface area contributed by atoms with E-state index in [1.807, 2.05) is 0 Å². The van der Waals surface area contributed by atoms with Gasteiger partial charge in [-0.3, -0.25) is 9.78 Å². The number of halogens is 1. The van der Waals surface area contributed by atoms with Gasteiger partial charge in [0.05, 0.1) is 11.8 Å². The molecule has 0 N–H and O–H groups in total. The lowest BCUT2D eigenvalue weighted by Crippen LogP contribution is -2.22. The second-order valence-electron chi connectivity index (χ2n) is 3.35. The number of carbonyl (C=O) groups is 1. The monoisotopic (exact) mass is 179 g/mol. The van der Waals surface area contributed by atoms with E-state index in [2.05, 4.69) is 4.98 Å². The highest BCUT2D eigenvalue weighted by molar-refractivity contribution is 5.98. The van der Waals surface area contributed by atoms with Crippen LogP contribution in [0, 0.1) is 11.7 Å². The van der Waals surface area contributed by atoms with Gasteiger partial charge in [0.25, 0.3) is 0 Å². The molecule has 68 valence electrons. The summed E-state index contributed by atoms with van der Waals surface area (Å²) < 4.78 is 13.1. The number of nitrogens with zero attached hydrogens (tertiary/aromatic N) is 1. The van der Waals surface area contributed by atoms with Crippen LogP contribution in [0.3, 0.4) is 0 Å². The van der Waals surface area contributed by atoms with Gasteiger partial charge in [-0.1, -0.05) is 6.42 Å². The van der Waals surface area contributed by atoms with Gasteiger partial charge >= 0.3 is 0 Å². The molecule has 1 aromatic heterocycles. The highest BCUT2D eigenvalue weighted by atomic mass is 19.1. The van der Waals surface area contributed by atoms with Gasteiger partial charge in [0, 0.05) is 12.1 Å². The molecule has 1 fully saturated rings. The van der Waals surface area contributed by atoms with Crippen LogP contribution in [0.25, 0.3) is 0 Å². The SMILES string of the molecule is O=C(c1ccncc1F)C1CCC1. The Kier molecular flexibility index (Phi) is 2.08. The maximum Gasteiger partial charge on any atom is 0.168 e. The molecule has 0 aliphatic heterocycles. The number of ketones is 1. The highest BCUT2D eigenvalue weighted by Gasteiger charge is 2.27. The maximum atomic E-state index is 13.1. The summed E-state index contributed by atoms with van der Waals surface area (Å²) >= 11 is 0. The molecule has 1 heterocycles. The zero-order chi connectivity index (χ0) is 9.26.